The molecule has 0 bridgehead atoms. The molecule has 3 aromatic rings. The first-order valence-electron chi connectivity index (χ1n) is 9.15. The smallest absolute Gasteiger partial charge is 0.243 e. The Morgan fingerprint density at radius 1 is 1.24 bits per heavy atom. The van der Waals surface area contributed by atoms with Crippen LogP contribution in [0.5, 0.6) is 0 Å². The molecule has 1 saturated heterocycles. The van der Waals surface area contributed by atoms with E-state index in [1.807, 2.05) is 6.07 Å². The molecule has 2 aromatic heterocycles. The normalized spacial score (nSPS) is 17.7. The molecular formula is C19H18N6O3S. The molecule has 1 aliphatic heterocycles. The molecule has 148 valence electrons. The number of rotatable bonds is 5. The molecule has 1 atom stereocenters. The van der Waals surface area contributed by atoms with E-state index in [-0.39, 0.29) is 10.8 Å². The zero-order chi connectivity index (χ0) is 20.3. The van der Waals surface area contributed by atoms with E-state index in [9.17, 15) is 8.42 Å². The van der Waals surface area contributed by atoms with Crippen LogP contribution in [0.4, 0.5) is 0 Å². The molecule has 9 nitrogen and oxygen atoms in total. The van der Waals surface area contributed by atoms with E-state index in [4.69, 9.17) is 9.78 Å². The number of sulfonamides is 1. The van der Waals surface area contributed by atoms with Crippen molar-refractivity contribution in [2.24, 2.45) is 5.92 Å². The number of nitriles is 1. The molecular weight excluding hydrogens is 392 g/mol. The van der Waals surface area contributed by atoms with Gasteiger partial charge in [0, 0.05) is 31.9 Å². The average Bonchev–Trinajstić information content (AvgIpc) is 3.23. The number of nitrogens with zero attached hydrogens (tertiary/aromatic N) is 6. The first-order chi connectivity index (χ1) is 14.1. The van der Waals surface area contributed by atoms with Crippen LogP contribution in [0, 0.1) is 17.2 Å². The van der Waals surface area contributed by atoms with Crippen molar-refractivity contribution in [3.05, 3.63) is 54.3 Å². The SMILES string of the molecule is N#Cc1ccc(S(=O)(=O)N2CCC[C@@H](Cc3nc(-c4cnccn4)no3)C2)cc1. The third-order valence-corrected chi connectivity index (χ3v) is 6.71. The van der Waals surface area contributed by atoms with Crippen LogP contribution < -0.4 is 0 Å². The summed E-state index contributed by atoms with van der Waals surface area (Å²) in [5.41, 5.74) is 0.951. The molecule has 0 aliphatic carbocycles. The lowest BCUT2D eigenvalue weighted by atomic mass is 9.96. The van der Waals surface area contributed by atoms with Crippen molar-refractivity contribution in [3.63, 3.8) is 0 Å². The van der Waals surface area contributed by atoms with Gasteiger partial charge in [-0.15, -0.1) is 0 Å². The second-order valence-corrected chi connectivity index (χ2v) is 8.75. The second-order valence-electron chi connectivity index (χ2n) is 6.81. The number of hydrogen-bond donors (Lipinski definition) is 0. The average molecular weight is 410 g/mol. The predicted octanol–water partition coefficient (Wildman–Crippen LogP) is 2.04. The van der Waals surface area contributed by atoms with Gasteiger partial charge in [-0.1, -0.05) is 5.16 Å². The lowest BCUT2D eigenvalue weighted by Crippen LogP contribution is -2.40. The van der Waals surface area contributed by atoms with Crippen LogP contribution in [0.25, 0.3) is 11.5 Å². The van der Waals surface area contributed by atoms with Crippen LogP contribution in [-0.2, 0) is 16.4 Å². The van der Waals surface area contributed by atoms with Gasteiger partial charge >= 0.3 is 0 Å². The van der Waals surface area contributed by atoms with Crippen molar-refractivity contribution >= 4 is 10.0 Å². The number of benzene rings is 1. The summed E-state index contributed by atoms with van der Waals surface area (Å²) in [4.78, 5) is 12.7. The maximum absolute atomic E-state index is 13.0. The third-order valence-electron chi connectivity index (χ3n) is 4.83. The van der Waals surface area contributed by atoms with Crippen LogP contribution in [0.15, 0.2) is 52.3 Å². The highest BCUT2D eigenvalue weighted by molar-refractivity contribution is 7.89. The number of hydrogen-bond acceptors (Lipinski definition) is 8. The van der Waals surface area contributed by atoms with Crippen molar-refractivity contribution in [1.29, 1.82) is 5.26 Å². The second kappa shape index (κ2) is 8.06. The lowest BCUT2D eigenvalue weighted by molar-refractivity contribution is 0.247. The van der Waals surface area contributed by atoms with E-state index in [0.717, 1.165) is 12.8 Å². The molecule has 1 aromatic carbocycles. The Morgan fingerprint density at radius 2 is 2.07 bits per heavy atom. The molecule has 0 radical (unpaired) electrons. The molecule has 0 unspecified atom stereocenters. The summed E-state index contributed by atoms with van der Waals surface area (Å²) in [7, 11) is -3.61. The lowest BCUT2D eigenvalue weighted by Gasteiger charge is -2.31. The van der Waals surface area contributed by atoms with Gasteiger partial charge in [-0.3, -0.25) is 4.98 Å². The first kappa shape index (κ1) is 19.2. The minimum atomic E-state index is -3.61. The van der Waals surface area contributed by atoms with Gasteiger partial charge in [-0.25, -0.2) is 13.4 Å². The molecule has 1 fully saturated rings. The van der Waals surface area contributed by atoms with Gasteiger partial charge in [0.1, 0.15) is 5.69 Å². The first-order valence-corrected chi connectivity index (χ1v) is 10.6. The molecule has 4 rings (SSSR count). The molecule has 0 amide bonds. The van der Waals surface area contributed by atoms with Crippen molar-refractivity contribution in [1.82, 2.24) is 24.4 Å². The Hall–Kier alpha value is -3.16. The molecule has 1 aliphatic rings. The fraction of sp³-hybridized carbons (Fsp3) is 0.316. The van der Waals surface area contributed by atoms with Gasteiger partial charge in [0.05, 0.1) is 22.7 Å². The summed E-state index contributed by atoms with van der Waals surface area (Å²) in [6, 6.07) is 7.97. The predicted molar refractivity (Wildman–Crippen MR) is 102 cm³/mol. The molecule has 10 heteroatoms. The quantitative estimate of drug-likeness (QED) is 0.625. The van der Waals surface area contributed by atoms with Crippen LogP contribution in [0.3, 0.4) is 0 Å². The van der Waals surface area contributed by atoms with E-state index in [2.05, 4.69) is 20.1 Å². The Balaban J connectivity index is 1.46. The van der Waals surface area contributed by atoms with Gasteiger partial charge in [0.2, 0.25) is 21.7 Å². The zero-order valence-electron chi connectivity index (χ0n) is 15.5. The monoisotopic (exact) mass is 410 g/mol. The molecule has 0 spiro atoms. The van der Waals surface area contributed by atoms with Crippen molar-refractivity contribution in [3.8, 4) is 17.6 Å². The standard InChI is InChI=1S/C19H18N6O3S/c20-11-14-3-5-16(6-4-14)29(26,27)25-9-1-2-15(13-25)10-18-23-19(24-28-18)17-12-21-7-8-22-17/h3-8,12,15H,1-2,9-10,13H2/t15-/m0/s1. The van der Waals surface area contributed by atoms with Gasteiger partial charge in [-0.2, -0.15) is 14.6 Å². The maximum Gasteiger partial charge on any atom is 0.243 e. The highest BCUT2D eigenvalue weighted by Gasteiger charge is 2.31. The van der Waals surface area contributed by atoms with Gasteiger partial charge < -0.3 is 4.52 Å². The van der Waals surface area contributed by atoms with E-state index in [1.54, 1.807) is 18.6 Å². The fourth-order valence-electron chi connectivity index (χ4n) is 3.37. The summed E-state index contributed by atoms with van der Waals surface area (Å²) in [6.07, 6.45) is 6.80. The van der Waals surface area contributed by atoms with E-state index < -0.39 is 10.0 Å². The van der Waals surface area contributed by atoms with Crippen molar-refractivity contribution < 1.29 is 12.9 Å². The van der Waals surface area contributed by atoms with Gasteiger partial charge in [0.15, 0.2) is 0 Å². The summed E-state index contributed by atoms with van der Waals surface area (Å²) in [5.74, 6) is 0.895. The van der Waals surface area contributed by atoms with Gasteiger partial charge in [-0.05, 0) is 43.0 Å². The fourth-order valence-corrected chi connectivity index (χ4v) is 4.92. The highest BCUT2D eigenvalue weighted by atomic mass is 32.2. The third kappa shape index (κ3) is 4.16. The molecule has 29 heavy (non-hydrogen) atoms. The van der Waals surface area contributed by atoms with Crippen molar-refractivity contribution in [2.45, 2.75) is 24.2 Å². The van der Waals surface area contributed by atoms with Crippen LogP contribution in [0.2, 0.25) is 0 Å². The number of aromatic nitrogens is 4. The molecule has 3 heterocycles. The molecule has 0 N–H and O–H groups in total. The van der Waals surface area contributed by atoms with E-state index in [1.165, 1.54) is 28.6 Å². The Labute approximate surface area is 168 Å². The minimum absolute atomic E-state index is 0.0760. The topological polar surface area (TPSA) is 126 Å². The van der Waals surface area contributed by atoms with E-state index >= 15 is 0 Å². The van der Waals surface area contributed by atoms with Crippen molar-refractivity contribution in [2.75, 3.05) is 13.1 Å². The van der Waals surface area contributed by atoms with Crippen LogP contribution in [0.1, 0.15) is 24.3 Å². The van der Waals surface area contributed by atoms with Gasteiger partial charge in [0.25, 0.3) is 0 Å². The highest BCUT2D eigenvalue weighted by Crippen LogP contribution is 2.26. The summed E-state index contributed by atoms with van der Waals surface area (Å²) >= 11 is 0. The largest absolute Gasteiger partial charge is 0.339 e. The number of piperidine rings is 1. The summed E-state index contributed by atoms with van der Waals surface area (Å²) in [6.45, 7) is 0.846. The summed E-state index contributed by atoms with van der Waals surface area (Å²) in [5, 5.41) is 12.8. The Morgan fingerprint density at radius 3 is 2.79 bits per heavy atom. The Kier molecular flexibility index (Phi) is 5.33. The minimum Gasteiger partial charge on any atom is -0.339 e. The zero-order valence-corrected chi connectivity index (χ0v) is 16.3. The van der Waals surface area contributed by atoms with E-state index in [0.29, 0.717) is 42.5 Å². The summed E-state index contributed by atoms with van der Waals surface area (Å²) < 4.78 is 32.7. The van der Waals surface area contributed by atoms with Crippen LogP contribution in [-0.4, -0.2) is 45.9 Å². The maximum atomic E-state index is 13.0. The Bertz CT molecular complexity index is 1120. The molecule has 0 saturated carbocycles. The van der Waals surface area contributed by atoms with Crippen LogP contribution >= 0.6 is 0 Å².